The molecule has 1 aromatic carbocycles. The van der Waals surface area contributed by atoms with E-state index < -0.39 is 17.4 Å². The topological polar surface area (TPSA) is 51.2 Å². The molecule has 0 bridgehead atoms. The van der Waals surface area contributed by atoms with Crippen LogP contribution in [0.3, 0.4) is 0 Å². The summed E-state index contributed by atoms with van der Waals surface area (Å²) in [6.07, 6.45) is 3.18. The van der Waals surface area contributed by atoms with Crippen molar-refractivity contribution in [2.75, 3.05) is 5.32 Å². The van der Waals surface area contributed by atoms with E-state index in [1.807, 2.05) is 13.8 Å². The third-order valence-electron chi connectivity index (χ3n) is 4.30. The Kier molecular flexibility index (Phi) is 3.25. The summed E-state index contributed by atoms with van der Waals surface area (Å²) in [5, 5.41) is 2.65. The van der Waals surface area contributed by atoms with Crippen molar-refractivity contribution < 1.29 is 18.3 Å². The fraction of sp³-hybridized carbons (Fsp3) is 0.158. The molecule has 4 nitrogen and oxygen atoms in total. The number of pyridine rings is 1. The Morgan fingerprint density at radius 2 is 1.96 bits per heavy atom. The molecule has 2 aliphatic rings. The van der Waals surface area contributed by atoms with Crippen molar-refractivity contribution in [3.05, 3.63) is 71.3 Å². The number of benzene rings is 1. The van der Waals surface area contributed by atoms with Crippen LogP contribution in [0.5, 0.6) is 0 Å². The summed E-state index contributed by atoms with van der Waals surface area (Å²) in [6.45, 7) is 3.71. The molecule has 1 N–H and O–H groups in total. The number of nitrogens with one attached hydrogen (secondary N) is 1. The molecule has 25 heavy (non-hydrogen) atoms. The van der Waals surface area contributed by atoms with Gasteiger partial charge in [-0.2, -0.15) is 4.39 Å². The second-order valence-electron chi connectivity index (χ2n) is 6.42. The quantitative estimate of drug-likeness (QED) is 0.632. The number of carbonyl (C=O) groups is 1. The maximum Gasteiger partial charge on any atom is 0.260 e. The molecule has 126 valence electrons. The van der Waals surface area contributed by atoms with Crippen molar-refractivity contribution in [2.24, 2.45) is 0 Å². The average Bonchev–Trinajstić information content (AvgIpc) is 3.03. The highest BCUT2D eigenvalue weighted by Crippen LogP contribution is 2.44. The molecular weight excluding hydrogens is 326 g/mol. The number of allylic oxidation sites excluding steroid dienone is 1. The Labute approximate surface area is 142 Å². The third kappa shape index (κ3) is 2.50. The summed E-state index contributed by atoms with van der Waals surface area (Å²) in [4.78, 5) is 16.0. The zero-order valence-corrected chi connectivity index (χ0v) is 13.6. The average molecular weight is 340 g/mol. The number of hydrogen-bond acceptors (Lipinski definition) is 3. The van der Waals surface area contributed by atoms with Gasteiger partial charge in [0.2, 0.25) is 5.95 Å². The Morgan fingerprint density at radius 1 is 1.16 bits per heavy atom. The fourth-order valence-corrected chi connectivity index (χ4v) is 3.14. The number of aromatic nitrogens is 1. The highest BCUT2D eigenvalue weighted by molar-refractivity contribution is 6.32. The number of ether oxygens (including phenoxy) is 1. The molecule has 0 fully saturated rings. The molecule has 0 radical (unpaired) electrons. The van der Waals surface area contributed by atoms with Gasteiger partial charge in [-0.05, 0) is 50.3 Å². The number of hydrogen-bond donors (Lipinski definition) is 1. The lowest BCUT2D eigenvalue weighted by Gasteiger charge is -2.23. The van der Waals surface area contributed by atoms with E-state index in [9.17, 15) is 13.6 Å². The van der Waals surface area contributed by atoms with Crippen molar-refractivity contribution in [1.82, 2.24) is 4.98 Å². The largest absolute Gasteiger partial charge is 0.482 e. The highest BCUT2D eigenvalue weighted by Gasteiger charge is 2.38. The Balaban J connectivity index is 1.86. The first-order chi connectivity index (χ1) is 11.8. The minimum Gasteiger partial charge on any atom is -0.482 e. The monoisotopic (exact) mass is 340 g/mol. The predicted octanol–water partition coefficient (Wildman–Crippen LogP) is 3.92. The van der Waals surface area contributed by atoms with Crippen LogP contribution in [0.1, 0.15) is 25.0 Å². The minimum atomic E-state index is -0.717. The lowest BCUT2D eigenvalue weighted by atomic mass is 9.93. The standard InChI is InChI=1S/C19H14F2N2O2/c1-19(2)13(10-3-6-16(21)22-9-10)8-15(25-19)17-12-5-4-11(20)7-14(12)23-18(17)24/h3-9H,1-2H3,(H,23,24). The van der Waals surface area contributed by atoms with E-state index in [0.717, 1.165) is 5.57 Å². The molecule has 0 spiro atoms. The number of halogens is 2. The smallest absolute Gasteiger partial charge is 0.260 e. The minimum absolute atomic E-state index is 0.346. The van der Waals surface area contributed by atoms with Gasteiger partial charge in [-0.15, -0.1) is 0 Å². The van der Waals surface area contributed by atoms with Crippen molar-refractivity contribution in [1.29, 1.82) is 0 Å². The molecule has 0 saturated heterocycles. The Morgan fingerprint density at radius 3 is 2.68 bits per heavy atom. The SMILES string of the molecule is CC1(C)OC(=C2C(=O)Nc3cc(F)ccc32)C=C1c1ccc(F)nc1. The lowest BCUT2D eigenvalue weighted by molar-refractivity contribution is -0.111. The number of rotatable bonds is 1. The van der Waals surface area contributed by atoms with Crippen molar-refractivity contribution >= 4 is 22.7 Å². The van der Waals surface area contributed by atoms with Gasteiger partial charge in [-0.25, -0.2) is 9.37 Å². The van der Waals surface area contributed by atoms with Gasteiger partial charge in [0.1, 0.15) is 17.2 Å². The highest BCUT2D eigenvalue weighted by atomic mass is 19.1. The maximum atomic E-state index is 13.4. The molecule has 1 aromatic heterocycles. The van der Waals surface area contributed by atoms with Gasteiger partial charge >= 0.3 is 0 Å². The first kappa shape index (κ1) is 15.5. The molecule has 0 saturated carbocycles. The van der Waals surface area contributed by atoms with Gasteiger partial charge < -0.3 is 10.1 Å². The normalized spacial score (nSPS) is 20.8. The number of carbonyl (C=O) groups excluding carboxylic acids is 1. The van der Waals surface area contributed by atoms with Crippen LogP contribution < -0.4 is 5.32 Å². The number of nitrogens with zero attached hydrogens (tertiary/aromatic N) is 1. The van der Waals surface area contributed by atoms with Crippen LogP contribution in [0.15, 0.2) is 48.4 Å². The summed E-state index contributed by atoms with van der Waals surface area (Å²) >= 11 is 0. The van der Waals surface area contributed by atoms with Gasteiger partial charge in [0.05, 0.1) is 11.3 Å². The van der Waals surface area contributed by atoms with Gasteiger partial charge in [-0.3, -0.25) is 4.79 Å². The second-order valence-corrected chi connectivity index (χ2v) is 6.42. The predicted molar refractivity (Wildman–Crippen MR) is 89.3 cm³/mol. The zero-order chi connectivity index (χ0) is 17.8. The van der Waals surface area contributed by atoms with Crippen LogP contribution in [-0.4, -0.2) is 16.5 Å². The molecule has 0 aliphatic carbocycles. The van der Waals surface area contributed by atoms with E-state index in [-0.39, 0.29) is 5.91 Å². The van der Waals surface area contributed by atoms with Crippen molar-refractivity contribution in [2.45, 2.75) is 19.4 Å². The van der Waals surface area contributed by atoms with Crippen molar-refractivity contribution in [3.8, 4) is 0 Å². The third-order valence-corrected chi connectivity index (χ3v) is 4.30. The van der Waals surface area contributed by atoms with Gasteiger partial charge in [0, 0.05) is 22.9 Å². The van der Waals surface area contributed by atoms with E-state index in [1.54, 1.807) is 18.2 Å². The van der Waals surface area contributed by atoms with E-state index in [1.165, 1.54) is 24.4 Å². The van der Waals surface area contributed by atoms with Crippen molar-refractivity contribution in [3.63, 3.8) is 0 Å². The lowest BCUT2D eigenvalue weighted by Crippen LogP contribution is -2.21. The van der Waals surface area contributed by atoms with E-state index >= 15 is 0 Å². The first-order valence-electron chi connectivity index (χ1n) is 7.74. The van der Waals surface area contributed by atoms with Gasteiger partial charge in [0.15, 0.2) is 0 Å². The van der Waals surface area contributed by atoms with Crippen LogP contribution in [0.2, 0.25) is 0 Å². The van der Waals surface area contributed by atoms with E-state index in [0.29, 0.717) is 28.1 Å². The van der Waals surface area contributed by atoms with Crippen LogP contribution in [0.25, 0.3) is 11.1 Å². The summed E-state index contributed by atoms with van der Waals surface area (Å²) in [5.74, 6) is -0.939. The summed E-state index contributed by atoms with van der Waals surface area (Å²) in [5.41, 5.74) is 2.13. The molecule has 0 unspecified atom stereocenters. The zero-order valence-electron chi connectivity index (χ0n) is 13.6. The Hall–Kier alpha value is -3.02. The summed E-state index contributed by atoms with van der Waals surface area (Å²) in [6, 6.07) is 7.01. The van der Waals surface area contributed by atoms with Crippen LogP contribution in [0.4, 0.5) is 14.5 Å². The summed E-state index contributed by atoms with van der Waals surface area (Å²) in [7, 11) is 0. The molecule has 2 aliphatic heterocycles. The van der Waals surface area contributed by atoms with Crippen LogP contribution in [-0.2, 0) is 9.53 Å². The number of fused-ring (bicyclic) bond motifs is 1. The van der Waals surface area contributed by atoms with Crippen LogP contribution >= 0.6 is 0 Å². The molecular formula is C19H14F2N2O2. The maximum absolute atomic E-state index is 13.4. The molecule has 6 heteroatoms. The number of anilines is 1. The second kappa shape index (κ2) is 5.24. The fourth-order valence-electron chi connectivity index (χ4n) is 3.14. The summed E-state index contributed by atoms with van der Waals surface area (Å²) < 4.78 is 32.5. The molecule has 1 amide bonds. The number of amides is 1. The molecule has 0 atom stereocenters. The molecule has 2 aromatic rings. The van der Waals surface area contributed by atoms with E-state index in [4.69, 9.17) is 4.74 Å². The van der Waals surface area contributed by atoms with Gasteiger partial charge in [-0.1, -0.05) is 0 Å². The Bertz CT molecular complexity index is 960. The first-order valence-corrected chi connectivity index (χ1v) is 7.74. The molecule has 3 heterocycles. The van der Waals surface area contributed by atoms with E-state index in [2.05, 4.69) is 10.3 Å². The van der Waals surface area contributed by atoms with Crippen LogP contribution in [0, 0.1) is 11.8 Å². The van der Waals surface area contributed by atoms with Gasteiger partial charge in [0.25, 0.3) is 5.91 Å². The molecule has 4 rings (SSSR count).